The van der Waals surface area contributed by atoms with Gasteiger partial charge in [-0.1, -0.05) is 18.2 Å². The lowest BCUT2D eigenvalue weighted by atomic mass is 9.96. The number of hydrogen-bond acceptors (Lipinski definition) is 3. The molecule has 126 valence electrons. The summed E-state index contributed by atoms with van der Waals surface area (Å²) in [6.07, 6.45) is 3.68. The normalized spacial score (nSPS) is 20.7. The highest BCUT2D eigenvalue weighted by Crippen LogP contribution is 2.48. The Morgan fingerprint density at radius 3 is 2.71 bits per heavy atom. The fraction of sp³-hybridized carbons (Fsp3) is 0.450. The lowest BCUT2D eigenvalue weighted by molar-refractivity contribution is -0.118. The largest absolute Gasteiger partial charge is 0.324 e. The number of anilines is 1. The van der Waals surface area contributed by atoms with Gasteiger partial charge in [-0.15, -0.1) is 11.3 Å². The average Bonchev–Trinajstić information content (AvgIpc) is 3.27. The van der Waals surface area contributed by atoms with Crippen molar-refractivity contribution in [3.8, 4) is 0 Å². The molecule has 2 heterocycles. The minimum absolute atomic E-state index is 0.108. The first-order chi connectivity index (χ1) is 11.6. The Kier molecular flexibility index (Phi) is 4.19. The predicted molar refractivity (Wildman–Crippen MR) is 99.6 cm³/mol. The number of carbonyl (C=O) groups excluding carboxylic acids is 1. The summed E-state index contributed by atoms with van der Waals surface area (Å²) in [7, 11) is 0. The molecule has 0 saturated heterocycles. The third-order valence-corrected chi connectivity index (χ3v) is 6.28. The van der Waals surface area contributed by atoms with E-state index in [1.165, 1.54) is 23.3 Å². The number of amides is 1. The van der Waals surface area contributed by atoms with E-state index in [2.05, 4.69) is 21.7 Å². The number of nitrogens with one attached hydrogen (secondary N) is 1. The number of nitrogens with zero attached hydrogens (tertiary/aromatic N) is 1. The molecule has 4 rings (SSSR count). The highest BCUT2D eigenvalue weighted by molar-refractivity contribution is 7.10. The molecule has 0 spiro atoms. The van der Waals surface area contributed by atoms with E-state index >= 15 is 0 Å². The summed E-state index contributed by atoms with van der Waals surface area (Å²) in [4.78, 5) is 16.6. The van der Waals surface area contributed by atoms with Crippen molar-refractivity contribution in [2.45, 2.75) is 39.2 Å². The molecule has 1 aromatic carbocycles. The monoisotopic (exact) mass is 340 g/mol. The lowest BCUT2D eigenvalue weighted by Gasteiger charge is -2.35. The van der Waals surface area contributed by atoms with Gasteiger partial charge in [0.15, 0.2) is 0 Å². The Morgan fingerprint density at radius 1 is 1.25 bits per heavy atom. The van der Waals surface area contributed by atoms with Crippen LogP contribution in [0.25, 0.3) is 0 Å². The standard InChI is InChI=1S/C20H24N2OS/c1-13-4-3-5-14(2)19(13)21-18(23)12-22-10-8-17-16(9-11-24-17)20(22)15-6-7-15/h3-5,9,11,15,20H,6-8,10,12H2,1-2H3,(H,21,23)/t20-/m0/s1. The van der Waals surface area contributed by atoms with E-state index in [9.17, 15) is 4.79 Å². The van der Waals surface area contributed by atoms with Crippen molar-refractivity contribution >= 4 is 22.9 Å². The fourth-order valence-corrected chi connectivity index (χ4v) is 4.83. The molecule has 2 aliphatic rings. The number of fused-ring (bicyclic) bond motifs is 1. The Bertz CT molecular complexity index is 742. The average molecular weight is 340 g/mol. The van der Waals surface area contributed by atoms with Crippen molar-refractivity contribution in [1.82, 2.24) is 4.90 Å². The highest BCUT2D eigenvalue weighted by Gasteiger charge is 2.40. The predicted octanol–water partition coefficient (Wildman–Crippen LogP) is 4.31. The molecular formula is C20H24N2OS. The van der Waals surface area contributed by atoms with Gasteiger partial charge in [-0.25, -0.2) is 0 Å². The van der Waals surface area contributed by atoms with Crippen molar-refractivity contribution in [2.75, 3.05) is 18.4 Å². The molecule has 3 nitrogen and oxygen atoms in total. The topological polar surface area (TPSA) is 32.3 Å². The van der Waals surface area contributed by atoms with E-state index in [0.717, 1.165) is 35.7 Å². The van der Waals surface area contributed by atoms with Crippen molar-refractivity contribution in [1.29, 1.82) is 0 Å². The van der Waals surface area contributed by atoms with E-state index in [-0.39, 0.29) is 5.91 Å². The van der Waals surface area contributed by atoms with Crippen LogP contribution in [0.1, 0.15) is 40.5 Å². The number of thiophene rings is 1. The maximum Gasteiger partial charge on any atom is 0.238 e. The first-order valence-corrected chi connectivity index (χ1v) is 9.68. The van der Waals surface area contributed by atoms with Crippen LogP contribution < -0.4 is 5.32 Å². The van der Waals surface area contributed by atoms with Crippen LogP contribution >= 0.6 is 11.3 Å². The van der Waals surface area contributed by atoms with Gasteiger partial charge < -0.3 is 5.32 Å². The lowest BCUT2D eigenvalue weighted by Crippen LogP contribution is -2.41. The molecule has 4 heteroatoms. The maximum atomic E-state index is 12.7. The summed E-state index contributed by atoms with van der Waals surface area (Å²) < 4.78 is 0. The zero-order valence-electron chi connectivity index (χ0n) is 14.3. The summed E-state index contributed by atoms with van der Waals surface area (Å²) in [6, 6.07) is 8.86. The Morgan fingerprint density at radius 2 is 2.00 bits per heavy atom. The van der Waals surface area contributed by atoms with Gasteiger partial charge in [0.25, 0.3) is 0 Å². The van der Waals surface area contributed by atoms with E-state index in [0.29, 0.717) is 12.6 Å². The first-order valence-electron chi connectivity index (χ1n) is 8.80. The van der Waals surface area contributed by atoms with Crippen LogP contribution in [0.5, 0.6) is 0 Å². The minimum Gasteiger partial charge on any atom is -0.324 e. The van der Waals surface area contributed by atoms with Gasteiger partial charge in [0.1, 0.15) is 0 Å². The first kappa shape index (κ1) is 15.9. The van der Waals surface area contributed by atoms with Gasteiger partial charge in [0.2, 0.25) is 5.91 Å². The van der Waals surface area contributed by atoms with Gasteiger partial charge in [0.05, 0.1) is 6.54 Å². The number of hydrogen-bond donors (Lipinski definition) is 1. The molecule has 0 radical (unpaired) electrons. The minimum atomic E-state index is 0.108. The van der Waals surface area contributed by atoms with Crippen LogP contribution in [0, 0.1) is 19.8 Å². The molecule has 1 atom stereocenters. The van der Waals surface area contributed by atoms with Crippen molar-refractivity contribution in [3.05, 3.63) is 51.2 Å². The molecule has 0 bridgehead atoms. The highest BCUT2D eigenvalue weighted by atomic mass is 32.1. The van der Waals surface area contributed by atoms with Crippen LogP contribution in [0.4, 0.5) is 5.69 Å². The number of benzene rings is 1. The Labute approximate surface area is 147 Å². The summed E-state index contributed by atoms with van der Waals surface area (Å²) >= 11 is 1.87. The third-order valence-electron chi connectivity index (χ3n) is 5.28. The van der Waals surface area contributed by atoms with E-state index in [1.807, 2.05) is 43.4 Å². The number of rotatable bonds is 4. The Balaban J connectivity index is 1.49. The Hall–Kier alpha value is -1.65. The smallest absolute Gasteiger partial charge is 0.238 e. The molecule has 2 aromatic rings. The zero-order chi connectivity index (χ0) is 16.7. The summed E-state index contributed by atoms with van der Waals surface area (Å²) in [6.45, 7) is 5.58. The second-order valence-corrected chi connectivity index (χ2v) is 8.12. The molecule has 1 amide bonds. The summed E-state index contributed by atoms with van der Waals surface area (Å²) in [5.74, 6) is 0.850. The fourth-order valence-electron chi connectivity index (χ4n) is 3.91. The van der Waals surface area contributed by atoms with Crippen LogP contribution in [-0.2, 0) is 11.2 Å². The molecule has 1 aromatic heterocycles. The number of aryl methyl sites for hydroxylation is 2. The molecule has 1 saturated carbocycles. The maximum absolute atomic E-state index is 12.7. The van der Waals surface area contributed by atoms with Crippen LogP contribution in [0.15, 0.2) is 29.6 Å². The van der Waals surface area contributed by atoms with Gasteiger partial charge >= 0.3 is 0 Å². The van der Waals surface area contributed by atoms with Crippen molar-refractivity contribution in [2.24, 2.45) is 5.92 Å². The second-order valence-electron chi connectivity index (χ2n) is 7.12. The zero-order valence-corrected chi connectivity index (χ0v) is 15.2. The van der Waals surface area contributed by atoms with Gasteiger partial charge in [0, 0.05) is 23.2 Å². The third kappa shape index (κ3) is 3.01. The number of carbonyl (C=O) groups is 1. The molecule has 1 aliphatic heterocycles. The molecule has 1 aliphatic carbocycles. The molecule has 0 unspecified atom stereocenters. The van der Waals surface area contributed by atoms with Gasteiger partial charge in [-0.2, -0.15) is 0 Å². The number of para-hydroxylation sites is 1. The van der Waals surface area contributed by atoms with Crippen LogP contribution in [0.2, 0.25) is 0 Å². The molecular weight excluding hydrogens is 316 g/mol. The molecule has 24 heavy (non-hydrogen) atoms. The van der Waals surface area contributed by atoms with Gasteiger partial charge in [-0.3, -0.25) is 9.69 Å². The second kappa shape index (κ2) is 6.34. The summed E-state index contributed by atoms with van der Waals surface area (Å²) in [5.41, 5.74) is 4.70. The SMILES string of the molecule is Cc1cccc(C)c1NC(=O)CN1CCc2sccc2[C@@H]1C1CC1. The van der Waals surface area contributed by atoms with E-state index in [1.54, 1.807) is 0 Å². The van der Waals surface area contributed by atoms with E-state index in [4.69, 9.17) is 0 Å². The molecule has 1 N–H and O–H groups in total. The van der Waals surface area contributed by atoms with E-state index < -0.39 is 0 Å². The van der Waals surface area contributed by atoms with Crippen molar-refractivity contribution in [3.63, 3.8) is 0 Å². The van der Waals surface area contributed by atoms with Crippen molar-refractivity contribution < 1.29 is 4.79 Å². The summed E-state index contributed by atoms with van der Waals surface area (Å²) in [5, 5.41) is 5.35. The van der Waals surface area contributed by atoms with Gasteiger partial charge in [-0.05, 0) is 67.2 Å². The van der Waals surface area contributed by atoms with Crippen LogP contribution in [-0.4, -0.2) is 23.9 Å². The van der Waals surface area contributed by atoms with Crippen LogP contribution in [0.3, 0.4) is 0 Å². The molecule has 1 fully saturated rings. The quantitative estimate of drug-likeness (QED) is 0.899.